The maximum Gasteiger partial charge on any atom is 0.228 e. The summed E-state index contributed by atoms with van der Waals surface area (Å²) in [6.07, 6.45) is 0. The summed E-state index contributed by atoms with van der Waals surface area (Å²) in [5.41, 5.74) is 2.49. The standard InChI is InChI=1S/C21H17NO3S/c1-14-7-9-16(10-8-14)26(24,25)17-11-12-21-19(13-17)18-5-3-4-6-20(18)22(21)15(2)23/h3-13H,1-2H3. The Balaban J connectivity index is 2.01. The van der Waals surface area contributed by atoms with Crippen molar-refractivity contribution in [2.75, 3.05) is 0 Å². The Morgan fingerprint density at radius 3 is 2.12 bits per heavy atom. The molecule has 1 aromatic heterocycles. The maximum atomic E-state index is 13.0. The highest BCUT2D eigenvalue weighted by molar-refractivity contribution is 7.91. The fraction of sp³-hybridized carbons (Fsp3) is 0.0952. The molecule has 0 radical (unpaired) electrons. The van der Waals surface area contributed by atoms with Crippen LogP contribution in [0.15, 0.2) is 76.5 Å². The monoisotopic (exact) mass is 363 g/mol. The first-order chi connectivity index (χ1) is 12.4. The summed E-state index contributed by atoms with van der Waals surface area (Å²) < 4.78 is 27.6. The number of fused-ring (bicyclic) bond motifs is 3. The van der Waals surface area contributed by atoms with Crippen LogP contribution in [0.4, 0.5) is 0 Å². The molecule has 4 rings (SSSR count). The van der Waals surface area contributed by atoms with Crippen molar-refractivity contribution in [3.8, 4) is 0 Å². The van der Waals surface area contributed by atoms with Gasteiger partial charge in [-0.3, -0.25) is 9.36 Å². The van der Waals surface area contributed by atoms with E-state index in [0.29, 0.717) is 5.52 Å². The smallest absolute Gasteiger partial charge is 0.228 e. The summed E-state index contributed by atoms with van der Waals surface area (Å²) in [6.45, 7) is 3.42. The fourth-order valence-corrected chi connectivity index (χ4v) is 4.60. The average Bonchev–Trinajstić information content (AvgIpc) is 2.96. The molecule has 0 amide bonds. The molecule has 1 heterocycles. The van der Waals surface area contributed by atoms with Gasteiger partial charge in [-0.25, -0.2) is 8.42 Å². The number of hydrogen-bond donors (Lipinski definition) is 0. The van der Waals surface area contributed by atoms with E-state index in [0.717, 1.165) is 21.9 Å². The first-order valence-electron chi connectivity index (χ1n) is 8.25. The Morgan fingerprint density at radius 2 is 1.42 bits per heavy atom. The van der Waals surface area contributed by atoms with Gasteiger partial charge in [-0.15, -0.1) is 0 Å². The highest BCUT2D eigenvalue weighted by Crippen LogP contribution is 2.32. The van der Waals surface area contributed by atoms with Crippen LogP contribution >= 0.6 is 0 Å². The minimum absolute atomic E-state index is 0.106. The third-order valence-electron chi connectivity index (χ3n) is 4.60. The zero-order valence-electron chi connectivity index (χ0n) is 14.4. The second-order valence-corrected chi connectivity index (χ2v) is 8.32. The van der Waals surface area contributed by atoms with Crippen LogP contribution in [0, 0.1) is 6.92 Å². The van der Waals surface area contributed by atoms with Gasteiger partial charge in [0, 0.05) is 17.7 Å². The average molecular weight is 363 g/mol. The molecule has 0 saturated carbocycles. The van der Waals surface area contributed by atoms with E-state index in [9.17, 15) is 13.2 Å². The highest BCUT2D eigenvalue weighted by atomic mass is 32.2. The van der Waals surface area contributed by atoms with Crippen molar-refractivity contribution < 1.29 is 13.2 Å². The van der Waals surface area contributed by atoms with Gasteiger partial charge >= 0.3 is 0 Å². The number of hydrogen-bond acceptors (Lipinski definition) is 3. The lowest BCUT2D eigenvalue weighted by atomic mass is 10.1. The summed E-state index contributed by atoms with van der Waals surface area (Å²) in [6, 6.07) is 19.3. The molecule has 0 spiro atoms. The molecule has 0 atom stereocenters. The van der Waals surface area contributed by atoms with Gasteiger partial charge in [0.05, 0.1) is 20.8 Å². The Bertz CT molecular complexity index is 1270. The Morgan fingerprint density at radius 1 is 0.808 bits per heavy atom. The number of aryl methyl sites for hydroxylation is 1. The Kier molecular flexibility index (Phi) is 3.70. The van der Waals surface area contributed by atoms with Crippen molar-refractivity contribution in [1.29, 1.82) is 0 Å². The van der Waals surface area contributed by atoms with Gasteiger partial charge in [-0.1, -0.05) is 35.9 Å². The molecular formula is C21H17NO3S. The summed E-state index contributed by atoms with van der Waals surface area (Å²) in [7, 11) is -3.62. The van der Waals surface area contributed by atoms with Crippen LogP contribution in [0.2, 0.25) is 0 Å². The molecule has 26 heavy (non-hydrogen) atoms. The number of aromatic nitrogens is 1. The van der Waals surface area contributed by atoms with E-state index in [1.807, 2.05) is 31.2 Å². The van der Waals surface area contributed by atoms with Crippen molar-refractivity contribution >= 4 is 37.6 Å². The van der Waals surface area contributed by atoms with E-state index >= 15 is 0 Å². The number of nitrogens with zero attached hydrogens (tertiary/aromatic N) is 1. The van der Waals surface area contributed by atoms with Gasteiger partial charge in [0.2, 0.25) is 15.7 Å². The largest absolute Gasteiger partial charge is 0.280 e. The molecular weight excluding hydrogens is 346 g/mol. The van der Waals surface area contributed by atoms with Crippen LogP contribution in [0.5, 0.6) is 0 Å². The maximum absolute atomic E-state index is 13.0. The molecule has 0 aliphatic rings. The minimum Gasteiger partial charge on any atom is -0.280 e. The van der Waals surface area contributed by atoms with Crippen molar-refractivity contribution in [3.63, 3.8) is 0 Å². The van der Waals surface area contributed by atoms with Crippen LogP contribution < -0.4 is 0 Å². The lowest BCUT2D eigenvalue weighted by Gasteiger charge is -2.06. The number of rotatable bonds is 2. The summed E-state index contributed by atoms with van der Waals surface area (Å²) in [5.74, 6) is -0.106. The van der Waals surface area contributed by atoms with Crippen molar-refractivity contribution in [2.45, 2.75) is 23.6 Å². The van der Waals surface area contributed by atoms with E-state index in [1.54, 1.807) is 47.0 Å². The number of benzene rings is 3. The highest BCUT2D eigenvalue weighted by Gasteiger charge is 2.20. The predicted molar refractivity (Wildman–Crippen MR) is 102 cm³/mol. The van der Waals surface area contributed by atoms with E-state index in [2.05, 4.69) is 0 Å². The summed E-state index contributed by atoms with van der Waals surface area (Å²) in [4.78, 5) is 12.6. The Labute approximate surface area is 151 Å². The van der Waals surface area contributed by atoms with Gasteiger partial charge in [0.25, 0.3) is 0 Å². The molecule has 0 unspecified atom stereocenters. The second-order valence-electron chi connectivity index (χ2n) is 6.37. The predicted octanol–water partition coefficient (Wildman–Crippen LogP) is 4.60. The molecule has 3 aromatic carbocycles. The molecule has 4 aromatic rings. The Hall–Kier alpha value is -2.92. The zero-order chi connectivity index (χ0) is 18.5. The van der Waals surface area contributed by atoms with Crippen LogP contribution in [0.1, 0.15) is 17.3 Å². The minimum atomic E-state index is -3.62. The van der Waals surface area contributed by atoms with Crippen molar-refractivity contribution in [3.05, 3.63) is 72.3 Å². The number of sulfone groups is 1. The van der Waals surface area contributed by atoms with Gasteiger partial charge in [0.1, 0.15) is 0 Å². The third kappa shape index (κ3) is 2.44. The fourth-order valence-electron chi connectivity index (χ4n) is 3.31. The molecule has 0 N–H and O–H groups in total. The van der Waals surface area contributed by atoms with Crippen LogP contribution in [0.3, 0.4) is 0 Å². The van der Waals surface area contributed by atoms with Crippen LogP contribution in [0.25, 0.3) is 21.8 Å². The summed E-state index contributed by atoms with van der Waals surface area (Å²) in [5, 5.41) is 1.61. The third-order valence-corrected chi connectivity index (χ3v) is 6.37. The van der Waals surface area contributed by atoms with Crippen molar-refractivity contribution in [1.82, 2.24) is 4.57 Å². The molecule has 130 valence electrons. The van der Waals surface area contributed by atoms with E-state index < -0.39 is 9.84 Å². The number of carbonyl (C=O) groups excluding carboxylic acids is 1. The quantitative estimate of drug-likeness (QED) is 0.523. The SMILES string of the molecule is CC(=O)n1c2ccccc2c2cc(S(=O)(=O)c3ccc(C)cc3)ccc21. The van der Waals surface area contributed by atoms with Crippen LogP contribution in [-0.2, 0) is 9.84 Å². The summed E-state index contributed by atoms with van der Waals surface area (Å²) >= 11 is 0. The van der Waals surface area contributed by atoms with Gasteiger partial charge < -0.3 is 0 Å². The number of carbonyl (C=O) groups is 1. The van der Waals surface area contributed by atoms with E-state index in [4.69, 9.17) is 0 Å². The number of para-hydroxylation sites is 1. The molecule has 0 aliphatic heterocycles. The lowest BCUT2D eigenvalue weighted by Crippen LogP contribution is -2.05. The lowest BCUT2D eigenvalue weighted by molar-refractivity contribution is 0.0946. The second kappa shape index (κ2) is 5.81. The van der Waals surface area contributed by atoms with Crippen LogP contribution in [-0.4, -0.2) is 18.9 Å². The molecule has 0 saturated heterocycles. The molecule has 0 bridgehead atoms. The normalized spacial score (nSPS) is 11.9. The molecule has 4 nitrogen and oxygen atoms in total. The van der Waals surface area contributed by atoms with Gasteiger partial charge in [0.15, 0.2) is 0 Å². The molecule has 0 aliphatic carbocycles. The van der Waals surface area contributed by atoms with E-state index in [-0.39, 0.29) is 15.7 Å². The first kappa shape index (κ1) is 16.5. The van der Waals surface area contributed by atoms with Gasteiger partial charge in [-0.05, 0) is 43.3 Å². The van der Waals surface area contributed by atoms with E-state index in [1.165, 1.54) is 6.92 Å². The zero-order valence-corrected chi connectivity index (χ0v) is 15.2. The first-order valence-corrected chi connectivity index (χ1v) is 9.74. The van der Waals surface area contributed by atoms with Gasteiger partial charge in [-0.2, -0.15) is 0 Å². The molecule has 5 heteroatoms. The topological polar surface area (TPSA) is 56.1 Å². The molecule has 0 fully saturated rings. The van der Waals surface area contributed by atoms with Crippen molar-refractivity contribution in [2.24, 2.45) is 0 Å².